The summed E-state index contributed by atoms with van der Waals surface area (Å²) in [5.41, 5.74) is 2.15. The highest BCUT2D eigenvalue weighted by atomic mass is 16.1. The van der Waals surface area contributed by atoms with Crippen LogP contribution in [0.5, 0.6) is 0 Å². The predicted molar refractivity (Wildman–Crippen MR) is 56.5 cm³/mol. The molecule has 0 aliphatic heterocycles. The number of hydrogen-bond donors (Lipinski definition) is 3. The van der Waals surface area contributed by atoms with Gasteiger partial charge in [-0.15, -0.1) is 0 Å². The number of nitrogens with one attached hydrogen (secondary N) is 3. The molecule has 0 spiro atoms. The highest BCUT2D eigenvalue weighted by molar-refractivity contribution is 5.73. The van der Waals surface area contributed by atoms with Crippen LogP contribution in [0, 0.1) is 0 Å². The fraction of sp³-hybridized carbons (Fsp3) is 0. The molecule has 0 saturated carbocycles. The Morgan fingerprint density at radius 3 is 2.40 bits per heavy atom. The summed E-state index contributed by atoms with van der Waals surface area (Å²) in [6, 6.07) is 8.61. The van der Waals surface area contributed by atoms with E-state index in [1.165, 1.54) is 6.07 Å². The van der Waals surface area contributed by atoms with Crippen LogP contribution in [-0.4, -0.2) is 16.6 Å². The lowest BCUT2D eigenvalue weighted by atomic mass is 10.1. The number of H-pyrrole nitrogens is 2. The molecule has 0 radical (unpaired) electrons. The molecule has 0 aliphatic carbocycles. The molecule has 76 valence electrons. The summed E-state index contributed by atoms with van der Waals surface area (Å²) in [7, 11) is 0. The summed E-state index contributed by atoms with van der Waals surface area (Å²) in [6.07, 6.45) is 0.618. The lowest BCUT2D eigenvalue weighted by Gasteiger charge is -2.00. The topological polar surface area (TPSA) is 77.8 Å². The lowest BCUT2D eigenvalue weighted by molar-refractivity contribution is -0.105. The molecule has 1 heterocycles. The van der Waals surface area contributed by atoms with Crippen LogP contribution in [0.4, 0.5) is 5.69 Å². The minimum atomic E-state index is -0.167. The van der Waals surface area contributed by atoms with Crippen LogP contribution >= 0.6 is 0 Å². The first-order valence-corrected chi connectivity index (χ1v) is 4.38. The van der Waals surface area contributed by atoms with Gasteiger partial charge in [0.2, 0.25) is 6.41 Å². The molecule has 5 heteroatoms. The highest BCUT2D eigenvalue weighted by Gasteiger charge is 1.99. The van der Waals surface area contributed by atoms with Crippen molar-refractivity contribution < 1.29 is 4.79 Å². The van der Waals surface area contributed by atoms with E-state index in [2.05, 4.69) is 15.5 Å². The van der Waals surface area contributed by atoms with E-state index in [1.807, 2.05) is 12.1 Å². The third-order valence-corrected chi connectivity index (χ3v) is 2.02. The van der Waals surface area contributed by atoms with Gasteiger partial charge in [0, 0.05) is 11.8 Å². The van der Waals surface area contributed by atoms with Gasteiger partial charge in [0.05, 0.1) is 5.69 Å². The number of aromatic nitrogens is 2. The molecule has 2 aromatic rings. The number of benzene rings is 1. The quantitative estimate of drug-likeness (QED) is 0.649. The lowest BCUT2D eigenvalue weighted by Crippen LogP contribution is -1.93. The Labute approximate surface area is 85.1 Å². The molecule has 1 amide bonds. The van der Waals surface area contributed by atoms with E-state index in [0.29, 0.717) is 12.1 Å². The van der Waals surface area contributed by atoms with E-state index in [1.54, 1.807) is 12.1 Å². The van der Waals surface area contributed by atoms with Crippen molar-refractivity contribution in [1.82, 2.24) is 10.2 Å². The zero-order valence-corrected chi connectivity index (χ0v) is 7.78. The summed E-state index contributed by atoms with van der Waals surface area (Å²) in [5, 5.41) is 7.73. The molecule has 0 saturated heterocycles. The van der Waals surface area contributed by atoms with Crippen molar-refractivity contribution in [3.8, 4) is 11.3 Å². The van der Waals surface area contributed by atoms with Crippen molar-refractivity contribution in [2.75, 3.05) is 5.32 Å². The number of hydrogen-bond acceptors (Lipinski definition) is 2. The molecular weight excluding hydrogens is 194 g/mol. The van der Waals surface area contributed by atoms with Gasteiger partial charge in [-0.25, -0.2) is 0 Å². The number of rotatable bonds is 3. The molecular formula is C10H9N3O2. The maximum atomic E-state index is 10.9. The standard InChI is InChI=1S/C10H9N3O2/c14-6-11-8-3-1-7(2-4-8)9-5-10(15)13-12-9/h1-6H,(H,11,14)(H2,12,13,15). The first-order valence-electron chi connectivity index (χ1n) is 4.38. The van der Waals surface area contributed by atoms with Crippen LogP contribution in [0.25, 0.3) is 11.3 Å². The molecule has 2 rings (SSSR count). The van der Waals surface area contributed by atoms with Crippen molar-refractivity contribution in [3.63, 3.8) is 0 Å². The minimum absolute atomic E-state index is 0.167. The van der Waals surface area contributed by atoms with Gasteiger partial charge in [0.25, 0.3) is 5.56 Å². The summed E-state index contributed by atoms with van der Waals surface area (Å²) in [4.78, 5) is 21.1. The summed E-state index contributed by atoms with van der Waals surface area (Å²) < 4.78 is 0. The maximum Gasteiger partial charge on any atom is 0.264 e. The van der Waals surface area contributed by atoms with Crippen LogP contribution in [0.3, 0.4) is 0 Å². The molecule has 1 aromatic heterocycles. The Hall–Kier alpha value is -2.30. The third-order valence-electron chi connectivity index (χ3n) is 2.02. The average Bonchev–Trinajstić information content (AvgIpc) is 2.67. The van der Waals surface area contributed by atoms with Gasteiger partial charge in [-0.2, -0.15) is 0 Å². The summed E-state index contributed by atoms with van der Waals surface area (Å²) in [5.74, 6) is 0. The number of anilines is 1. The molecule has 0 aliphatic rings. The van der Waals surface area contributed by atoms with E-state index in [-0.39, 0.29) is 5.56 Å². The number of carbonyl (C=O) groups is 1. The summed E-state index contributed by atoms with van der Waals surface area (Å²) in [6.45, 7) is 0. The highest BCUT2D eigenvalue weighted by Crippen LogP contribution is 2.17. The Balaban J connectivity index is 2.31. The average molecular weight is 203 g/mol. The fourth-order valence-corrected chi connectivity index (χ4v) is 1.30. The second-order valence-electron chi connectivity index (χ2n) is 3.01. The van der Waals surface area contributed by atoms with Crippen molar-refractivity contribution >= 4 is 12.1 Å². The van der Waals surface area contributed by atoms with E-state index < -0.39 is 0 Å². The van der Waals surface area contributed by atoms with Gasteiger partial charge in [0.15, 0.2) is 0 Å². The number of carbonyl (C=O) groups excluding carboxylic acids is 1. The van der Waals surface area contributed by atoms with E-state index in [9.17, 15) is 9.59 Å². The summed E-state index contributed by atoms with van der Waals surface area (Å²) >= 11 is 0. The molecule has 0 fully saturated rings. The second-order valence-corrected chi connectivity index (χ2v) is 3.01. The Bertz CT molecular complexity index is 510. The third kappa shape index (κ3) is 1.96. The van der Waals surface area contributed by atoms with Crippen molar-refractivity contribution in [1.29, 1.82) is 0 Å². The number of amides is 1. The van der Waals surface area contributed by atoms with Crippen LogP contribution in [-0.2, 0) is 4.79 Å². The molecule has 3 N–H and O–H groups in total. The Morgan fingerprint density at radius 2 is 1.87 bits per heavy atom. The van der Waals surface area contributed by atoms with Gasteiger partial charge in [-0.3, -0.25) is 19.8 Å². The Morgan fingerprint density at radius 1 is 1.13 bits per heavy atom. The van der Waals surface area contributed by atoms with Crippen LogP contribution in [0.1, 0.15) is 0 Å². The van der Waals surface area contributed by atoms with Gasteiger partial charge in [-0.1, -0.05) is 12.1 Å². The zero-order valence-electron chi connectivity index (χ0n) is 7.78. The second kappa shape index (κ2) is 3.83. The smallest absolute Gasteiger partial charge is 0.264 e. The molecule has 15 heavy (non-hydrogen) atoms. The zero-order chi connectivity index (χ0) is 10.7. The maximum absolute atomic E-state index is 10.9. The largest absolute Gasteiger partial charge is 0.329 e. The molecule has 5 nitrogen and oxygen atoms in total. The normalized spacial score (nSPS) is 9.87. The van der Waals surface area contributed by atoms with E-state index in [4.69, 9.17) is 0 Å². The van der Waals surface area contributed by atoms with Gasteiger partial charge >= 0.3 is 0 Å². The van der Waals surface area contributed by atoms with Crippen molar-refractivity contribution in [2.45, 2.75) is 0 Å². The van der Waals surface area contributed by atoms with E-state index >= 15 is 0 Å². The minimum Gasteiger partial charge on any atom is -0.329 e. The molecule has 0 bridgehead atoms. The molecule has 0 unspecified atom stereocenters. The SMILES string of the molecule is O=CNc1ccc(-c2cc(=O)[nH][nH]2)cc1. The van der Waals surface area contributed by atoms with Crippen molar-refractivity contribution in [2.24, 2.45) is 0 Å². The van der Waals surface area contributed by atoms with Gasteiger partial charge in [-0.05, 0) is 17.7 Å². The van der Waals surface area contributed by atoms with Crippen molar-refractivity contribution in [3.05, 3.63) is 40.7 Å². The van der Waals surface area contributed by atoms with Crippen LogP contribution in [0.2, 0.25) is 0 Å². The van der Waals surface area contributed by atoms with Crippen LogP contribution < -0.4 is 10.9 Å². The number of aromatic amines is 2. The first-order chi connectivity index (χ1) is 7.29. The fourth-order valence-electron chi connectivity index (χ4n) is 1.30. The van der Waals surface area contributed by atoms with Crippen LogP contribution in [0.15, 0.2) is 35.1 Å². The van der Waals surface area contributed by atoms with Gasteiger partial charge in [0.1, 0.15) is 0 Å². The molecule has 0 atom stereocenters. The Kier molecular flexibility index (Phi) is 2.37. The monoisotopic (exact) mass is 203 g/mol. The first kappa shape index (κ1) is 9.26. The molecule has 1 aromatic carbocycles. The van der Waals surface area contributed by atoms with E-state index in [0.717, 1.165) is 11.3 Å². The van der Waals surface area contributed by atoms with Gasteiger partial charge < -0.3 is 5.32 Å². The predicted octanol–water partition coefficient (Wildman–Crippen LogP) is 0.938.